The van der Waals surface area contributed by atoms with Crippen molar-refractivity contribution in [1.29, 1.82) is 0 Å². The highest BCUT2D eigenvalue weighted by molar-refractivity contribution is 6.19. The van der Waals surface area contributed by atoms with Crippen LogP contribution in [0.2, 0.25) is 0 Å². The summed E-state index contributed by atoms with van der Waals surface area (Å²) in [6.07, 6.45) is 1.97. The van der Waals surface area contributed by atoms with E-state index in [0.717, 1.165) is 11.4 Å². The van der Waals surface area contributed by atoms with Crippen molar-refractivity contribution in [3.8, 4) is 56.0 Å². The summed E-state index contributed by atoms with van der Waals surface area (Å²) in [5.74, 6) is 0. The molecule has 0 bridgehead atoms. The lowest BCUT2D eigenvalue weighted by Gasteiger charge is -2.11. The quantitative estimate of drug-likeness (QED) is 0.181. The van der Waals surface area contributed by atoms with Gasteiger partial charge in [0.2, 0.25) is 0 Å². The highest BCUT2D eigenvalue weighted by atomic mass is 15.0. The van der Waals surface area contributed by atoms with Crippen LogP contribution in [0.5, 0.6) is 0 Å². The minimum absolute atomic E-state index is 1.08. The van der Waals surface area contributed by atoms with Crippen molar-refractivity contribution in [1.82, 2.24) is 14.1 Å². The molecular formula is C51H31N3. The van der Waals surface area contributed by atoms with E-state index in [2.05, 4.69) is 191 Å². The first kappa shape index (κ1) is 29.4. The Morgan fingerprint density at radius 2 is 0.815 bits per heavy atom. The summed E-state index contributed by atoms with van der Waals surface area (Å²) in [4.78, 5) is 4.87. The van der Waals surface area contributed by atoms with E-state index in [9.17, 15) is 0 Å². The number of pyridine rings is 1. The van der Waals surface area contributed by atoms with Crippen LogP contribution in [0.25, 0.3) is 110 Å². The third-order valence-electron chi connectivity index (χ3n) is 11.5. The second-order valence-corrected chi connectivity index (χ2v) is 14.3. The van der Waals surface area contributed by atoms with Crippen LogP contribution < -0.4 is 0 Å². The van der Waals surface area contributed by atoms with E-state index in [0.29, 0.717) is 0 Å². The minimum atomic E-state index is 1.08. The summed E-state index contributed by atoms with van der Waals surface area (Å²) < 4.78 is 4.78. The predicted molar refractivity (Wildman–Crippen MR) is 226 cm³/mol. The topological polar surface area (TPSA) is 22.8 Å². The van der Waals surface area contributed by atoms with Gasteiger partial charge in [-0.3, -0.25) is 4.98 Å². The molecule has 3 heteroatoms. The van der Waals surface area contributed by atoms with Gasteiger partial charge in [-0.25, -0.2) is 0 Å². The lowest BCUT2D eigenvalue weighted by Crippen LogP contribution is -1.93. The number of fused-ring (bicyclic) bond motifs is 9. The summed E-state index contributed by atoms with van der Waals surface area (Å²) in [6.45, 7) is 0. The van der Waals surface area contributed by atoms with Gasteiger partial charge in [-0.1, -0.05) is 109 Å². The molecule has 0 amide bonds. The zero-order valence-corrected chi connectivity index (χ0v) is 29.2. The van der Waals surface area contributed by atoms with E-state index in [1.54, 1.807) is 0 Å². The van der Waals surface area contributed by atoms with Crippen molar-refractivity contribution in [3.05, 3.63) is 188 Å². The summed E-state index contributed by atoms with van der Waals surface area (Å²) in [6, 6.07) is 66.5. The zero-order chi connectivity index (χ0) is 35.3. The molecule has 12 rings (SSSR count). The standard InChI is InChI=1S/C51H31N3/c1-3-11-35(12-4-1)53-46-18-10-9-16-39(46)43-29-32(19-24-47(43)53)33-20-25-48-44(30-33)45-31-34(21-26-49(45)54(48)36-13-5-2-6-14-36)37-22-23-40-38-15-7-8-17-42(38)51-50(40)41(37)27-28-52-51/h1-31H. The highest BCUT2D eigenvalue weighted by Crippen LogP contribution is 2.48. The first-order valence-electron chi connectivity index (χ1n) is 18.5. The predicted octanol–water partition coefficient (Wildman–Crippen LogP) is 13.4. The number of hydrogen-bond donors (Lipinski definition) is 0. The van der Waals surface area contributed by atoms with Crippen molar-refractivity contribution in [2.45, 2.75) is 0 Å². The molecule has 0 saturated heterocycles. The van der Waals surface area contributed by atoms with Crippen LogP contribution in [0.15, 0.2) is 188 Å². The lowest BCUT2D eigenvalue weighted by atomic mass is 9.94. The molecule has 0 N–H and O–H groups in total. The average Bonchev–Trinajstić information content (AvgIpc) is 3.87. The Hall–Kier alpha value is -7.23. The summed E-state index contributed by atoms with van der Waals surface area (Å²) >= 11 is 0. The van der Waals surface area contributed by atoms with E-state index in [1.807, 2.05) is 6.20 Å². The lowest BCUT2D eigenvalue weighted by molar-refractivity contribution is 1.18. The van der Waals surface area contributed by atoms with Gasteiger partial charge in [0, 0.05) is 50.1 Å². The normalized spacial score (nSPS) is 12.1. The fourth-order valence-electron chi connectivity index (χ4n) is 9.14. The van der Waals surface area contributed by atoms with Gasteiger partial charge in [0.15, 0.2) is 0 Å². The fourth-order valence-corrected chi connectivity index (χ4v) is 9.14. The van der Waals surface area contributed by atoms with Crippen LogP contribution >= 0.6 is 0 Å². The van der Waals surface area contributed by atoms with Crippen molar-refractivity contribution < 1.29 is 0 Å². The summed E-state index contributed by atoms with van der Waals surface area (Å²) in [7, 11) is 0. The van der Waals surface area contributed by atoms with Crippen LogP contribution in [0.4, 0.5) is 0 Å². The van der Waals surface area contributed by atoms with Crippen LogP contribution in [0.3, 0.4) is 0 Å². The van der Waals surface area contributed by atoms with Crippen LogP contribution in [-0.2, 0) is 0 Å². The summed E-state index contributed by atoms with van der Waals surface area (Å²) in [5, 5.41) is 7.47. The Balaban J connectivity index is 1.08. The molecule has 0 saturated carbocycles. The van der Waals surface area contributed by atoms with E-state index >= 15 is 0 Å². The first-order valence-corrected chi connectivity index (χ1v) is 18.5. The molecule has 250 valence electrons. The number of hydrogen-bond acceptors (Lipinski definition) is 1. The Kier molecular flexibility index (Phi) is 6.05. The molecule has 0 atom stereocenters. The average molecular weight is 686 g/mol. The zero-order valence-electron chi connectivity index (χ0n) is 29.2. The molecule has 0 fully saturated rings. The van der Waals surface area contributed by atoms with Gasteiger partial charge >= 0.3 is 0 Å². The van der Waals surface area contributed by atoms with Crippen LogP contribution in [0, 0.1) is 0 Å². The Morgan fingerprint density at radius 1 is 0.315 bits per heavy atom. The maximum atomic E-state index is 4.87. The van der Waals surface area contributed by atoms with Crippen molar-refractivity contribution >= 4 is 54.4 Å². The van der Waals surface area contributed by atoms with Gasteiger partial charge in [0.05, 0.1) is 27.8 Å². The fraction of sp³-hybridized carbons (Fsp3) is 0. The van der Waals surface area contributed by atoms with Gasteiger partial charge in [-0.2, -0.15) is 0 Å². The van der Waals surface area contributed by atoms with Gasteiger partial charge in [-0.05, 0) is 112 Å². The Bertz CT molecular complexity index is 3280. The first-order chi connectivity index (χ1) is 26.8. The third kappa shape index (κ3) is 4.09. The molecular weight excluding hydrogens is 655 g/mol. The molecule has 1 aliphatic rings. The van der Waals surface area contributed by atoms with E-state index in [-0.39, 0.29) is 0 Å². The van der Waals surface area contributed by atoms with Crippen LogP contribution in [0.1, 0.15) is 0 Å². The number of aromatic nitrogens is 3. The minimum Gasteiger partial charge on any atom is -0.309 e. The van der Waals surface area contributed by atoms with E-state index in [1.165, 1.54) is 99.0 Å². The molecule has 11 aromatic rings. The van der Waals surface area contributed by atoms with Crippen molar-refractivity contribution in [3.63, 3.8) is 0 Å². The number of benzene rings is 8. The molecule has 0 radical (unpaired) electrons. The molecule has 3 aromatic heterocycles. The number of para-hydroxylation sites is 3. The third-order valence-corrected chi connectivity index (χ3v) is 11.5. The molecule has 1 aliphatic carbocycles. The molecule has 0 aliphatic heterocycles. The molecule has 3 nitrogen and oxygen atoms in total. The molecule has 3 heterocycles. The van der Waals surface area contributed by atoms with E-state index in [4.69, 9.17) is 4.98 Å². The maximum absolute atomic E-state index is 4.87. The SMILES string of the molecule is c1ccc(-n2c3ccccc3c3cc(-c4ccc5c(c4)c4cc(-c6ccc7c8c(nccc68)-c6ccccc6-7)ccc4n5-c4ccccc4)ccc32)cc1. The second-order valence-electron chi connectivity index (χ2n) is 14.3. The summed E-state index contributed by atoms with van der Waals surface area (Å²) in [5.41, 5.74) is 16.8. The van der Waals surface area contributed by atoms with Crippen LogP contribution in [-0.4, -0.2) is 14.1 Å². The largest absolute Gasteiger partial charge is 0.309 e. The molecule has 8 aromatic carbocycles. The van der Waals surface area contributed by atoms with Gasteiger partial charge in [0.1, 0.15) is 0 Å². The molecule has 0 unspecified atom stereocenters. The maximum Gasteiger partial charge on any atom is 0.0792 e. The molecule has 54 heavy (non-hydrogen) atoms. The number of nitrogens with zero attached hydrogens (tertiary/aromatic N) is 3. The molecule has 0 spiro atoms. The highest BCUT2D eigenvalue weighted by Gasteiger charge is 2.24. The van der Waals surface area contributed by atoms with E-state index < -0.39 is 0 Å². The van der Waals surface area contributed by atoms with Crippen molar-refractivity contribution in [2.24, 2.45) is 0 Å². The van der Waals surface area contributed by atoms with Gasteiger partial charge in [0.25, 0.3) is 0 Å². The Morgan fingerprint density at radius 3 is 1.48 bits per heavy atom. The van der Waals surface area contributed by atoms with Crippen molar-refractivity contribution in [2.75, 3.05) is 0 Å². The second kappa shape index (κ2) is 11.1. The van der Waals surface area contributed by atoms with Gasteiger partial charge < -0.3 is 9.13 Å². The Labute approximate surface area is 311 Å². The monoisotopic (exact) mass is 685 g/mol. The van der Waals surface area contributed by atoms with Gasteiger partial charge in [-0.15, -0.1) is 0 Å². The number of rotatable bonds is 4. The smallest absolute Gasteiger partial charge is 0.0792 e.